The number of hydrogen-bond donors (Lipinski definition) is 6. The Morgan fingerprint density at radius 1 is 1.13 bits per heavy atom. The number of nitrogens with zero attached hydrogens (tertiary/aromatic N) is 1. The Hall–Kier alpha value is -2.46. The highest BCUT2D eigenvalue weighted by Gasteiger charge is 2.42. The molecule has 168 valence electrons. The van der Waals surface area contributed by atoms with E-state index in [9.17, 15) is 38.9 Å². The molecular weight excluding hydrogens is 417 g/mol. The van der Waals surface area contributed by atoms with Gasteiger partial charge in [-0.3, -0.25) is 9.59 Å². The molecule has 0 saturated heterocycles. The van der Waals surface area contributed by atoms with Crippen molar-refractivity contribution in [1.29, 1.82) is 0 Å². The fraction of sp³-hybridized carbons (Fsp3) is 0.500. The van der Waals surface area contributed by atoms with Crippen molar-refractivity contribution in [1.82, 2.24) is 9.99 Å². The highest BCUT2D eigenvalue weighted by Crippen LogP contribution is 2.43. The monoisotopic (exact) mass is 445 g/mol. The predicted molar refractivity (Wildman–Crippen MR) is 107 cm³/mol. The van der Waals surface area contributed by atoms with E-state index in [0.717, 1.165) is 0 Å². The van der Waals surface area contributed by atoms with Gasteiger partial charge >= 0.3 is 13.7 Å². The summed E-state index contributed by atoms with van der Waals surface area (Å²) in [5.74, 6) is -3.69. The van der Waals surface area contributed by atoms with Crippen LogP contribution in [0.2, 0.25) is 0 Å². The molecule has 0 spiro atoms. The summed E-state index contributed by atoms with van der Waals surface area (Å²) in [5, 5.41) is 21.0. The lowest BCUT2D eigenvalue weighted by Crippen LogP contribution is -2.55. The van der Waals surface area contributed by atoms with Crippen molar-refractivity contribution in [3.05, 3.63) is 29.8 Å². The second-order valence-electron chi connectivity index (χ2n) is 7.40. The molecule has 0 aliphatic carbocycles. The van der Waals surface area contributed by atoms with Crippen LogP contribution in [0.5, 0.6) is 5.75 Å². The molecule has 12 heteroatoms. The lowest BCUT2D eigenvalue weighted by atomic mass is 10.0. The van der Waals surface area contributed by atoms with Crippen LogP contribution in [0.4, 0.5) is 0 Å². The van der Waals surface area contributed by atoms with Gasteiger partial charge in [-0.2, -0.15) is 0 Å². The van der Waals surface area contributed by atoms with E-state index in [-0.39, 0.29) is 29.2 Å². The van der Waals surface area contributed by atoms with Gasteiger partial charge in [0.1, 0.15) is 17.8 Å². The van der Waals surface area contributed by atoms with Crippen molar-refractivity contribution in [3.8, 4) is 5.75 Å². The third-order valence-corrected chi connectivity index (χ3v) is 5.22. The van der Waals surface area contributed by atoms with Crippen LogP contribution in [0.15, 0.2) is 24.3 Å². The Morgan fingerprint density at radius 3 is 2.07 bits per heavy atom. The lowest BCUT2D eigenvalue weighted by molar-refractivity contribution is -0.143. The van der Waals surface area contributed by atoms with Crippen LogP contribution in [0.1, 0.15) is 32.8 Å². The Labute approximate surface area is 174 Å². The summed E-state index contributed by atoms with van der Waals surface area (Å²) in [6.07, 6.45) is -0.270. The van der Waals surface area contributed by atoms with Gasteiger partial charge in [0.25, 0.3) is 0 Å². The highest BCUT2D eigenvalue weighted by molar-refractivity contribution is 7.50. The molecular formula is C18H28N3O8P. The molecule has 0 bridgehead atoms. The van der Waals surface area contributed by atoms with Crippen molar-refractivity contribution in [2.24, 2.45) is 11.7 Å². The van der Waals surface area contributed by atoms with Crippen LogP contribution in [-0.2, 0) is 25.4 Å². The first kappa shape index (κ1) is 25.6. The van der Waals surface area contributed by atoms with E-state index < -0.39 is 43.7 Å². The number of amides is 2. The summed E-state index contributed by atoms with van der Waals surface area (Å²) in [7, 11) is -5.29. The van der Waals surface area contributed by atoms with Gasteiger partial charge < -0.3 is 31.1 Å². The largest absolute Gasteiger partial charge is 0.508 e. The number of carbonyl (C=O) groups excluding carboxylic acids is 2. The van der Waals surface area contributed by atoms with Crippen LogP contribution in [-0.4, -0.2) is 60.6 Å². The number of phenols is 1. The quantitative estimate of drug-likeness (QED) is 0.273. The van der Waals surface area contributed by atoms with Crippen LogP contribution >= 0.6 is 7.75 Å². The van der Waals surface area contributed by atoms with E-state index in [1.807, 2.05) is 0 Å². The normalized spacial score (nSPS) is 14.6. The maximum absolute atomic E-state index is 12.9. The molecule has 0 aliphatic rings. The number of carboxylic acids is 1. The maximum Gasteiger partial charge on any atom is 0.433 e. The van der Waals surface area contributed by atoms with E-state index >= 15 is 0 Å². The van der Waals surface area contributed by atoms with Crippen molar-refractivity contribution >= 4 is 25.5 Å². The summed E-state index contributed by atoms with van der Waals surface area (Å²) < 4.78 is 12.2. The minimum Gasteiger partial charge on any atom is -0.508 e. The first-order chi connectivity index (χ1) is 13.7. The van der Waals surface area contributed by atoms with Gasteiger partial charge in [-0.25, -0.2) is 14.0 Å². The number of benzene rings is 1. The van der Waals surface area contributed by atoms with Gasteiger partial charge in [0.2, 0.25) is 11.8 Å². The van der Waals surface area contributed by atoms with Gasteiger partial charge in [0.05, 0.1) is 6.04 Å². The molecule has 0 radical (unpaired) electrons. The number of nitrogens with two attached hydrogens (primary N) is 1. The number of aromatic hydroxyl groups is 1. The number of hydrogen-bond acceptors (Lipinski definition) is 6. The average molecular weight is 445 g/mol. The van der Waals surface area contributed by atoms with Crippen LogP contribution in [0.3, 0.4) is 0 Å². The van der Waals surface area contributed by atoms with E-state index in [1.165, 1.54) is 31.2 Å². The fourth-order valence-corrected chi connectivity index (χ4v) is 3.77. The Balaban J connectivity index is 3.37. The van der Waals surface area contributed by atoms with Crippen molar-refractivity contribution in [3.63, 3.8) is 0 Å². The summed E-state index contributed by atoms with van der Waals surface area (Å²) in [5.41, 5.74) is 5.88. The van der Waals surface area contributed by atoms with Gasteiger partial charge in [0, 0.05) is 6.42 Å². The number of carboxylic acid groups (broad SMARTS) is 1. The summed E-state index contributed by atoms with van der Waals surface area (Å²) >= 11 is 0. The topological polar surface area (TPSA) is 190 Å². The zero-order valence-electron chi connectivity index (χ0n) is 16.9. The molecule has 1 aromatic rings. The van der Waals surface area contributed by atoms with E-state index in [0.29, 0.717) is 5.56 Å². The van der Waals surface area contributed by atoms with E-state index in [4.69, 9.17) is 5.73 Å². The molecule has 3 unspecified atom stereocenters. The molecule has 7 N–H and O–H groups in total. The third kappa shape index (κ3) is 7.42. The second-order valence-corrected chi connectivity index (χ2v) is 8.86. The zero-order chi connectivity index (χ0) is 23.2. The van der Waals surface area contributed by atoms with Crippen LogP contribution < -0.4 is 11.1 Å². The Kier molecular flexibility index (Phi) is 8.98. The van der Waals surface area contributed by atoms with Crippen molar-refractivity contribution < 1.29 is 38.9 Å². The molecule has 0 fully saturated rings. The van der Waals surface area contributed by atoms with Gasteiger partial charge in [0.15, 0.2) is 0 Å². The Morgan fingerprint density at radius 2 is 1.67 bits per heavy atom. The molecule has 1 rings (SSSR count). The first-order valence-corrected chi connectivity index (χ1v) is 10.8. The molecule has 0 heterocycles. The summed E-state index contributed by atoms with van der Waals surface area (Å²) in [4.78, 5) is 56.4. The van der Waals surface area contributed by atoms with Gasteiger partial charge in [-0.1, -0.05) is 26.0 Å². The first-order valence-electron chi connectivity index (χ1n) is 9.19. The van der Waals surface area contributed by atoms with Crippen LogP contribution in [0, 0.1) is 5.92 Å². The SMILES string of the molecule is CC(C)CC(NC(=O)C(Cc1ccc(O)cc1)N(C(=O)C(C)N)P(=O)(O)O)C(=O)O. The van der Waals surface area contributed by atoms with Gasteiger partial charge in [-0.05, 0) is 37.0 Å². The fourth-order valence-electron chi connectivity index (χ4n) is 2.78. The number of nitrogens with one attached hydrogen (secondary N) is 1. The summed E-state index contributed by atoms with van der Waals surface area (Å²) in [6, 6.07) is 1.06. The molecule has 0 saturated carbocycles. The second kappa shape index (κ2) is 10.5. The lowest BCUT2D eigenvalue weighted by Gasteiger charge is -2.33. The number of phenolic OH excluding ortho intramolecular Hbond substituents is 1. The maximum atomic E-state index is 12.9. The molecule has 0 aliphatic heterocycles. The number of aliphatic carboxylic acids is 1. The van der Waals surface area contributed by atoms with Crippen molar-refractivity contribution in [2.45, 2.75) is 51.7 Å². The van der Waals surface area contributed by atoms with E-state index in [1.54, 1.807) is 13.8 Å². The number of rotatable bonds is 10. The molecule has 0 aromatic heterocycles. The molecule has 30 heavy (non-hydrogen) atoms. The zero-order valence-corrected chi connectivity index (χ0v) is 17.8. The summed E-state index contributed by atoms with van der Waals surface area (Å²) in [6.45, 7) is 4.70. The highest BCUT2D eigenvalue weighted by atomic mass is 31.2. The standard InChI is InChI=1S/C18H28N3O8P/c1-10(2)8-14(18(25)26)20-16(23)15(9-12-4-6-13(22)7-5-12)21(30(27,28)29)17(24)11(3)19/h4-7,10-11,14-15,22H,8-9,19H2,1-3H3,(H,20,23)(H,25,26)(H2,27,28,29). The molecule has 1 aromatic carbocycles. The Bertz CT molecular complexity index is 806. The number of carbonyl (C=O) groups is 3. The molecule has 2 amide bonds. The van der Waals surface area contributed by atoms with Gasteiger partial charge in [-0.15, -0.1) is 0 Å². The van der Waals surface area contributed by atoms with Crippen LogP contribution in [0.25, 0.3) is 0 Å². The molecule has 3 atom stereocenters. The predicted octanol–water partition coefficient (Wildman–Crippen LogP) is 0.187. The third-order valence-electron chi connectivity index (χ3n) is 4.18. The van der Waals surface area contributed by atoms with E-state index in [2.05, 4.69) is 5.32 Å². The minimum atomic E-state index is -5.29. The average Bonchev–Trinajstić information content (AvgIpc) is 2.60. The smallest absolute Gasteiger partial charge is 0.433 e. The minimum absolute atomic E-state index is 0.0684. The van der Waals surface area contributed by atoms with Crippen molar-refractivity contribution in [2.75, 3.05) is 0 Å². The molecule has 11 nitrogen and oxygen atoms in total.